The van der Waals surface area contributed by atoms with E-state index in [4.69, 9.17) is 0 Å². The molecule has 0 radical (unpaired) electrons. The van der Waals surface area contributed by atoms with Crippen LogP contribution < -0.4 is 5.30 Å². The Hall–Kier alpha value is -0.610. The summed E-state index contributed by atoms with van der Waals surface area (Å²) in [5.41, 5.74) is 0. The van der Waals surface area contributed by atoms with Crippen LogP contribution in [0.2, 0.25) is 0 Å². The predicted octanol–water partition coefficient (Wildman–Crippen LogP) is 4.91. The first-order valence-corrected chi connectivity index (χ1v) is 8.15. The Balaban J connectivity index is 2.24. The molecule has 0 heterocycles. The van der Waals surface area contributed by atoms with Gasteiger partial charge in [-0.1, -0.05) is 76.3 Å². The summed E-state index contributed by atoms with van der Waals surface area (Å²) in [7, 11) is -0.0807. The first kappa shape index (κ1) is 13.5. The van der Waals surface area contributed by atoms with Crippen molar-refractivity contribution < 1.29 is 0 Å². The Labute approximate surface area is 102 Å². The van der Waals surface area contributed by atoms with E-state index in [0.29, 0.717) is 0 Å². The summed E-state index contributed by atoms with van der Waals surface area (Å²) in [5, 5.41) is 1.47. The molecule has 1 rings (SSSR count). The Morgan fingerprint density at radius 2 is 1.81 bits per heavy atom. The van der Waals surface area contributed by atoms with E-state index in [1.807, 2.05) is 0 Å². The van der Waals surface area contributed by atoms with Gasteiger partial charge in [-0.25, -0.2) is 0 Å². The second kappa shape index (κ2) is 8.53. The maximum atomic E-state index is 2.40. The highest BCUT2D eigenvalue weighted by molar-refractivity contribution is 7.67. The molecule has 0 N–H and O–H groups in total. The molecule has 0 spiro atoms. The van der Waals surface area contributed by atoms with Crippen LogP contribution in [0.5, 0.6) is 0 Å². The minimum absolute atomic E-state index is 0.0807. The van der Waals surface area contributed by atoms with Gasteiger partial charge in [-0.3, -0.25) is 0 Å². The average molecular weight is 234 g/mol. The van der Waals surface area contributed by atoms with Crippen LogP contribution in [0.3, 0.4) is 0 Å². The summed E-state index contributed by atoms with van der Waals surface area (Å²) >= 11 is 0. The molecule has 1 heteroatoms. The van der Waals surface area contributed by atoms with Gasteiger partial charge in [0.25, 0.3) is 0 Å². The normalized spacial score (nSPS) is 13.1. The van der Waals surface area contributed by atoms with Gasteiger partial charge < -0.3 is 0 Å². The minimum atomic E-state index is -0.0807. The molecule has 0 aromatic heterocycles. The van der Waals surface area contributed by atoms with Crippen LogP contribution in [-0.2, 0) is 0 Å². The second-order valence-corrected chi connectivity index (χ2v) is 6.22. The van der Waals surface area contributed by atoms with E-state index in [2.05, 4.69) is 55.8 Å². The molecule has 0 bridgehead atoms. The SMILES string of the molecule is CCCCCC/C=C/P(C)c1ccccc1. The topological polar surface area (TPSA) is 0 Å². The average Bonchev–Trinajstić information content (AvgIpc) is 2.34. The zero-order valence-electron chi connectivity index (χ0n) is 10.5. The van der Waals surface area contributed by atoms with Crippen molar-refractivity contribution in [1.82, 2.24) is 0 Å². The smallest absolute Gasteiger partial charge is 0.0204 e. The lowest BCUT2D eigenvalue weighted by Crippen LogP contribution is -1.95. The molecule has 0 aliphatic rings. The molecule has 88 valence electrons. The molecule has 1 aromatic carbocycles. The fourth-order valence-corrected chi connectivity index (χ4v) is 2.95. The van der Waals surface area contributed by atoms with Crippen LogP contribution >= 0.6 is 7.92 Å². The molecular weight excluding hydrogens is 211 g/mol. The van der Waals surface area contributed by atoms with Gasteiger partial charge >= 0.3 is 0 Å². The molecule has 1 unspecified atom stereocenters. The second-order valence-electron chi connectivity index (χ2n) is 4.18. The molecule has 1 aromatic rings. The molecule has 0 aliphatic carbocycles. The predicted molar refractivity (Wildman–Crippen MR) is 76.8 cm³/mol. The number of rotatable bonds is 7. The number of unbranched alkanes of at least 4 members (excludes halogenated alkanes) is 4. The summed E-state index contributed by atoms with van der Waals surface area (Å²) in [6.45, 7) is 4.59. The highest BCUT2D eigenvalue weighted by Crippen LogP contribution is 2.30. The number of hydrogen-bond acceptors (Lipinski definition) is 0. The molecule has 0 fully saturated rings. The van der Waals surface area contributed by atoms with Gasteiger partial charge in [-0.15, -0.1) is 0 Å². The molecule has 16 heavy (non-hydrogen) atoms. The fourth-order valence-electron chi connectivity index (χ4n) is 1.67. The van der Waals surface area contributed by atoms with Crippen molar-refractivity contribution in [3.05, 3.63) is 42.2 Å². The van der Waals surface area contributed by atoms with Gasteiger partial charge in [0, 0.05) is 0 Å². The summed E-state index contributed by atoms with van der Waals surface area (Å²) in [5.74, 6) is 2.40. The van der Waals surface area contributed by atoms with Crippen molar-refractivity contribution in [1.29, 1.82) is 0 Å². The van der Waals surface area contributed by atoms with Crippen LogP contribution in [0.25, 0.3) is 0 Å². The lowest BCUT2D eigenvalue weighted by molar-refractivity contribution is 0.675. The van der Waals surface area contributed by atoms with Crippen LogP contribution in [0.1, 0.15) is 39.0 Å². The van der Waals surface area contributed by atoms with E-state index < -0.39 is 0 Å². The van der Waals surface area contributed by atoms with Crippen LogP contribution in [0, 0.1) is 0 Å². The van der Waals surface area contributed by atoms with Gasteiger partial charge in [-0.2, -0.15) is 0 Å². The van der Waals surface area contributed by atoms with Crippen molar-refractivity contribution >= 4 is 13.2 Å². The number of benzene rings is 1. The van der Waals surface area contributed by atoms with E-state index in [-0.39, 0.29) is 7.92 Å². The first-order valence-electron chi connectivity index (χ1n) is 6.29. The number of hydrogen-bond donors (Lipinski definition) is 0. The van der Waals surface area contributed by atoms with E-state index in [1.54, 1.807) is 0 Å². The largest absolute Gasteiger partial charge is 0.0838 e. The Morgan fingerprint density at radius 3 is 2.50 bits per heavy atom. The van der Waals surface area contributed by atoms with Gasteiger partial charge in [0.05, 0.1) is 0 Å². The third-order valence-corrected chi connectivity index (χ3v) is 4.49. The lowest BCUT2D eigenvalue weighted by atomic mass is 10.2. The van der Waals surface area contributed by atoms with Gasteiger partial charge in [0.15, 0.2) is 0 Å². The zero-order chi connectivity index (χ0) is 11.6. The van der Waals surface area contributed by atoms with E-state index in [0.717, 1.165) is 0 Å². The highest BCUT2D eigenvalue weighted by atomic mass is 31.1. The standard InChI is InChI=1S/C15H23P/c1-3-4-5-6-7-11-14-16(2)15-12-9-8-10-13-15/h8-14H,3-7H2,1-2H3/b14-11+. The first-order chi connectivity index (χ1) is 7.84. The molecule has 1 atom stereocenters. The lowest BCUT2D eigenvalue weighted by Gasteiger charge is -2.06. The third kappa shape index (κ3) is 5.47. The molecule has 0 nitrogen and oxygen atoms in total. The van der Waals surface area contributed by atoms with E-state index >= 15 is 0 Å². The van der Waals surface area contributed by atoms with Crippen molar-refractivity contribution in [2.75, 3.05) is 6.66 Å². The van der Waals surface area contributed by atoms with Gasteiger partial charge in [0.1, 0.15) is 0 Å². The molecule has 0 saturated heterocycles. The van der Waals surface area contributed by atoms with Crippen LogP contribution in [-0.4, -0.2) is 6.66 Å². The van der Waals surface area contributed by atoms with Crippen LogP contribution in [0.15, 0.2) is 42.2 Å². The maximum Gasteiger partial charge on any atom is -0.0204 e. The molecule has 0 amide bonds. The Morgan fingerprint density at radius 1 is 1.06 bits per heavy atom. The summed E-state index contributed by atoms with van der Waals surface area (Å²) in [6, 6.07) is 10.8. The van der Waals surface area contributed by atoms with Gasteiger partial charge in [0.2, 0.25) is 0 Å². The quantitative estimate of drug-likeness (QED) is 0.464. The van der Waals surface area contributed by atoms with Crippen LogP contribution in [0.4, 0.5) is 0 Å². The monoisotopic (exact) mass is 234 g/mol. The number of allylic oxidation sites excluding steroid dienone is 1. The third-order valence-electron chi connectivity index (χ3n) is 2.72. The van der Waals surface area contributed by atoms with Crippen molar-refractivity contribution in [3.63, 3.8) is 0 Å². The molecule has 0 aliphatic heterocycles. The highest BCUT2D eigenvalue weighted by Gasteiger charge is 1.97. The van der Waals surface area contributed by atoms with Crippen molar-refractivity contribution in [3.8, 4) is 0 Å². The maximum absolute atomic E-state index is 2.40. The summed E-state index contributed by atoms with van der Waals surface area (Å²) < 4.78 is 0. The Bertz CT molecular complexity index is 290. The van der Waals surface area contributed by atoms with Crippen molar-refractivity contribution in [2.45, 2.75) is 39.0 Å². The zero-order valence-corrected chi connectivity index (χ0v) is 11.4. The summed E-state index contributed by atoms with van der Waals surface area (Å²) in [6.07, 6.45) is 9.06. The van der Waals surface area contributed by atoms with Crippen molar-refractivity contribution in [2.24, 2.45) is 0 Å². The fraction of sp³-hybridized carbons (Fsp3) is 0.467. The molecule has 0 saturated carbocycles. The summed E-state index contributed by atoms with van der Waals surface area (Å²) in [4.78, 5) is 0. The minimum Gasteiger partial charge on any atom is -0.0838 e. The van der Waals surface area contributed by atoms with Gasteiger partial charge in [-0.05, 0) is 24.8 Å². The Kier molecular flexibility index (Phi) is 7.17. The van der Waals surface area contributed by atoms with E-state index in [9.17, 15) is 0 Å². The molecular formula is C15H23P. The van der Waals surface area contributed by atoms with E-state index in [1.165, 1.54) is 37.4 Å².